The number of rotatable bonds is 7. The number of nitrogens with one attached hydrogen (secondary N) is 1. The van der Waals surface area contributed by atoms with Gasteiger partial charge in [0.15, 0.2) is 6.61 Å². The second-order valence-electron chi connectivity index (χ2n) is 6.94. The Hall–Kier alpha value is -3.31. The molecule has 0 atom stereocenters. The third-order valence-electron chi connectivity index (χ3n) is 4.75. The molecule has 0 saturated heterocycles. The lowest BCUT2D eigenvalue weighted by molar-refractivity contribution is -0.123. The molecule has 0 fully saturated rings. The first-order chi connectivity index (χ1) is 14.4. The van der Waals surface area contributed by atoms with E-state index in [9.17, 15) is 9.90 Å². The highest BCUT2D eigenvalue weighted by Crippen LogP contribution is 2.23. The second kappa shape index (κ2) is 9.94. The first kappa shape index (κ1) is 21.4. The summed E-state index contributed by atoms with van der Waals surface area (Å²) >= 11 is 6.22. The fourth-order valence-electron chi connectivity index (χ4n) is 2.91. The van der Waals surface area contributed by atoms with E-state index in [0.717, 1.165) is 22.3 Å². The number of ether oxygens (including phenoxy) is 1. The monoisotopic (exact) mass is 422 g/mol. The summed E-state index contributed by atoms with van der Waals surface area (Å²) in [6.07, 6.45) is 2.03. The number of benzene rings is 3. The van der Waals surface area contributed by atoms with Crippen molar-refractivity contribution in [1.29, 1.82) is 0 Å². The van der Waals surface area contributed by atoms with Crippen molar-refractivity contribution < 1.29 is 14.6 Å². The Labute approximate surface area is 181 Å². The van der Waals surface area contributed by atoms with Crippen LogP contribution in [0.5, 0.6) is 11.5 Å². The zero-order chi connectivity index (χ0) is 21.5. The maximum absolute atomic E-state index is 12.0. The van der Waals surface area contributed by atoms with E-state index in [0.29, 0.717) is 22.8 Å². The molecule has 5 nitrogen and oxygen atoms in total. The zero-order valence-corrected chi connectivity index (χ0v) is 17.6. The molecule has 0 aromatic heterocycles. The van der Waals surface area contributed by atoms with E-state index in [-0.39, 0.29) is 18.3 Å². The van der Waals surface area contributed by atoms with Crippen LogP contribution in [0.1, 0.15) is 27.8 Å². The molecule has 0 bridgehead atoms. The summed E-state index contributed by atoms with van der Waals surface area (Å²) in [4.78, 5) is 12.0. The Kier molecular flexibility index (Phi) is 7.09. The lowest BCUT2D eigenvalue weighted by Crippen LogP contribution is -2.24. The lowest BCUT2D eigenvalue weighted by Gasteiger charge is -2.09. The van der Waals surface area contributed by atoms with Crippen molar-refractivity contribution in [3.8, 4) is 11.5 Å². The van der Waals surface area contributed by atoms with E-state index in [1.807, 2.05) is 62.4 Å². The number of carbonyl (C=O) groups is 1. The molecule has 1 amide bonds. The summed E-state index contributed by atoms with van der Waals surface area (Å²) in [7, 11) is 0. The van der Waals surface area contributed by atoms with Gasteiger partial charge in [0.05, 0.1) is 6.21 Å². The summed E-state index contributed by atoms with van der Waals surface area (Å²) < 4.78 is 5.55. The highest BCUT2D eigenvalue weighted by atomic mass is 35.5. The van der Waals surface area contributed by atoms with Gasteiger partial charge in [-0.3, -0.25) is 4.79 Å². The van der Waals surface area contributed by atoms with Crippen molar-refractivity contribution in [2.45, 2.75) is 20.3 Å². The Bertz CT molecular complexity index is 1080. The number of nitrogens with zero attached hydrogens (tertiary/aromatic N) is 1. The van der Waals surface area contributed by atoms with Crippen molar-refractivity contribution in [3.05, 3.63) is 93.5 Å². The van der Waals surface area contributed by atoms with Crippen LogP contribution in [0.25, 0.3) is 0 Å². The van der Waals surface area contributed by atoms with Gasteiger partial charge in [0, 0.05) is 10.6 Å². The minimum atomic E-state index is -0.390. The van der Waals surface area contributed by atoms with Crippen LogP contribution in [0.4, 0.5) is 0 Å². The Morgan fingerprint density at radius 3 is 2.73 bits per heavy atom. The van der Waals surface area contributed by atoms with Crippen LogP contribution in [-0.4, -0.2) is 23.8 Å². The maximum Gasteiger partial charge on any atom is 0.277 e. The number of phenolic OH excluding ortho intramolecular Hbond substituents is 1. The number of halogens is 1. The Morgan fingerprint density at radius 2 is 1.93 bits per heavy atom. The van der Waals surface area contributed by atoms with Gasteiger partial charge in [-0.15, -0.1) is 0 Å². The number of hydrazone groups is 1. The molecule has 30 heavy (non-hydrogen) atoms. The van der Waals surface area contributed by atoms with E-state index in [2.05, 4.69) is 10.5 Å². The van der Waals surface area contributed by atoms with Gasteiger partial charge in [-0.25, -0.2) is 5.43 Å². The van der Waals surface area contributed by atoms with Crippen LogP contribution in [0.15, 0.2) is 65.8 Å². The van der Waals surface area contributed by atoms with Crippen LogP contribution < -0.4 is 10.2 Å². The first-order valence-corrected chi connectivity index (χ1v) is 9.88. The van der Waals surface area contributed by atoms with E-state index in [1.54, 1.807) is 12.1 Å². The van der Waals surface area contributed by atoms with E-state index in [1.165, 1.54) is 6.21 Å². The van der Waals surface area contributed by atoms with Crippen LogP contribution in [0.2, 0.25) is 5.02 Å². The molecule has 0 heterocycles. The molecule has 0 saturated carbocycles. The van der Waals surface area contributed by atoms with Gasteiger partial charge in [-0.05, 0) is 66.8 Å². The molecular weight excluding hydrogens is 400 g/mol. The van der Waals surface area contributed by atoms with E-state index in [4.69, 9.17) is 16.3 Å². The lowest BCUT2D eigenvalue weighted by atomic mass is 10.0. The van der Waals surface area contributed by atoms with Crippen LogP contribution >= 0.6 is 11.6 Å². The average Bonchev–Trinajstić information content (AvgIpc) is 2.73. The smallest absolute Gasteiger partial charge is 0.277 e. The van der Waals surface area contributed by atoms with Crippen LogP contribution in [0, 0.1) is 13.8 Å². The van der Waals surface area contributed by atoms with Gasteiger partial charge in [-0.1, -0.05) is 48.0 Å². The predicted octanol–water partition coefficient (Wildman–Crippen LogP) is 4.78. The molecule has 0 aliphatic heterocycles. The van der Waals surface area contributed by atoms with Crippen molar-refractivity contribution >= 4 is 23.7 Å². The van der Waals surface area contributed by atoms with Gasteiger partial charge in [0.2, 0.25) is 0 Å². The van der Waals surface area contributed by atoms with Crippen LogP contribution in [0.3, 0.4) is 0 Å². The molecule has 154 valence electrons. The standard InChI is InChI=1S/C24H23ClN2O3/c1-16-6-5-9-23(17(16)2)30-15-24(29)27-26-14-20-13-18(10-11-22(20)28)12-19-7-3-4-8-21(19)25/h3-11,13-14,28H,12,15H2,1-2H3,(H,27,29). The number of phenols is 1. The molecular formula is C24H23ClN2O3. The fourth-order valence-corrected chi connectivity index (χ4v) is 3.11. The van der Waals surface area contributed by atoms with Gasteiger partial charge in [-0.2, -0.15) is 5.10 Å². The van der Waals surface area contributed by atoms with E-state index < -0.39 is 0 Å². The molecule has 0 aliphatic carbocycles. The van der Waals surface area contributed by atoms with Crippen molar-refractivity contribution in [1.82, 2.24) is 5.43 Å². The zero-order valence-electron chi connectivity index (χ0n) is 16.9. The number of carbonyl (C=O) groups excluding carboxylic acids is 1. The molecule has 3 rings (SSSR count). The second-order valence-corrected chi connectivity index (χ2v) is 7.35. The molecule has 0 unspecified atom stereocenters. The Morgan fingerprint density at radius 1 is 1.13 bits per heavy atom. The number of aromatic hydroxyl groups is 1. The highest BCUT2D eigenvalue weighted by molar-refractivity contribution is 6.31. The SMILES string of the molecule is Cc1cccc(OCC(=O)NN=Cc2cc(Cc3ccccc3Cl)ccc2O)c1C. The number of hydrogen-bond donors (Lipinski definition) is 2. The molecule has 0 spiro atoms. The molecule has 3 aromatic rings. The summed E-state index contributed by atoms with van der Waals surface area (Å²) in [5.74, 6) is 0.348. The third kappa shape index (κ3) is 5.61. The quantitative estimate of drug-likeness (QED) is 0.425. The van der Waals surface area contributed by atoms with Crippen molar-refractivity contribution in [2.24, 2.45) is 5.10 Å². The van der Waals surface area contributed by atoms with Gasteiger partial charge < -0.3 is 9.84 Å². The topological polar surface area (TPSA) is 70.9 Å². The summed E-state index contributed by atoms with van der Waals surface area (Å²) in [6.45, 7) is 3.78. The molecule has 0 aliphatic rings. The van der Waals surface area contributed by atoms with Crippen molar-refractivity contribution in [2.75, 3.05) is 6.61 Å². The molecule has 6 heteroatoms. The molecule has 3 aromatic carbocycles. The third-order valence-corrected chi connectivity index (χ3v) is 5.12. The van der Waals surface area contributed by atoms with Crippen LogP contribution in [-0.2, 0) is 11.2 Å². The minimum absolute atomic E-state index is 0.0718. The highest BCUT2D eigenvalue weighted by Gasteiger charge is 2.07. The average molecular weight is 423 g/mol. The molecule has 2 N–H and O–H groups in total. The first-order valence-electron chi connectivity index (χ1n) is 9.50. The normalized spacial score (nSPS) is 10.9. The Balaban J connectivity index is 1.59. The summed E-state index contributed by atoms with van der Waals surface area (Å²) in [6, 6.07) is 18.5. The largest absolute Gasteiger partial charge is 0.507 e. The van der Waals surface area contributed by atoms with Crippen molar-refractivity contribution in [3.63, 3.8) is 0 Å². The van der Waals surface area contributed by atoms with Gasteiger partial charge >= 0.3 is 0 Å². The number of hydrogen-bond acceptors (Lipinski definition) is 4. The predicted molar refractivity (Wildman–Crippen MR) is 120 cm³/mol. The van der Waals surface area contributed by atoms with Gasteiger partial charge in [0.1, 0.15) is 11.5 Å². The maximum atomic E-state index is 12.0. The summed E-state index contributed by atoms with van der Waals surface area (Å²) in [5, 5.41) is 14.7. The number of aryl methyl sites for hydroxylation is 1. The summed E-state index contributed by atoms with van der Waals surface area (Å²) in [5.41, 5.74) is 6.96. The van der Waals surface area contributed by atoms with E-state index >= 15 is 0 Å². The molecule has 0 radical (unpaired) electrons. The minimum Gasteiger partial charge on any atom is -0.507 e. The van der Waals surface area contributed by atoms with Gasteiger partial charge in [0.25, 0.3) is 5.91 Å². The fraction of sp³-hybridized carbons (Fsp3) is 0.167. The number of amides is 1.